The molecule has 0 saturated carbocycles. The van der Waals surface area contributed by atoms with Crippen molar-refractivity contribution in [3.05, 3.63) is 35.9 Å². The first-order valence-electron chi connectivity index (χ1n) is 4.72. The molecule has 3 N–H and O–H groups in total. The van der Waals surface area contributed by atoms with Crippen molar-refractivity contribution in [3.8, 4) is 0 Å². The maximum absolute atomic E-state index is 11.5. The van der Waals surface area contributed by atoms with Crippen LogP contribution in [-0.4, -0.2) is 11.9 Å². The van der Waals surface area contributed by atoms with Gasteiger partial charge in [-0.05, 0) is 19.4 Å². The molecule has 0 aromatic heterocycles. The molecular weight excluding hydrogens is 176 g/mol. The molecule has 0 radical (unpaired) electrons. The zero-order valence-corrected chi connectivity index (χ0v) is 8.53. The molecule has 14 heavy (non-hydrogen) atoms. The minimum Gasteiger partial charge on any atom is -0.352 e. The van der Waals surface area contributed by atoms with Gasteiger partial charge >= 0.3 is 0 Å². The molecule has 3 heteroatoms. The lowest BCUT2D eigenvalue weighted by Crippen LogP contribution is -2.38. The van der Waals surface area contributed by atoms with Crippen molar-refractivity contribution in [3.63, 3.8) is 0 Å². The van der Waals surface area contributed by atoms with Gasteiger partial charge in [0.25, 0.3) is 0 Å². The summed E-state index contributed by atoms with van der Waals surface area (Å²) < 4.78 is 0. The van der Waals surface area contributed by atoms with E-state index in [1.807, 2.05) is 44.2 Å². The minimum absolute atomic E-state index is 0.122. The Bertz CT molecular complexity index is 295. The Labute approximate surface area is 84.3 Å². The first-order chi connectivity index (χ1) is 6.61. The molecule has 76 valence electrons. The van der Waals surface area contributed by atoms with Gasteiger partial charge in [0.15, 0.2) is 0 Å². The van der Waals surface area contributed by atoms with Crippen molar-refractivity contribution >= 4 is 5.91 Å². The number of hydrogen-bond acceptors (Lipinski definition) is 2. The lowest BCUT2D eigenvalue weighted by Gasteiger charge is -2.14. The van der Waals surface area contributed by atoms with E-state index in [0.717, 1.165) is 5.56 Å². The average molecular weight is 192 g/mol. The number of hydrogen-bond donors (Lipinski definition) is 2. The highest BCUT2D eigenvalue weighted by Crippen LogP contribution is 2.09. The first-order valence-corrected chi connectivity index (χ1v) is 4.72. The van der Waals surface area contributed by atoms with Crippen LogP contribution in [-0.2, 0) is 4.79 Å². The molecule has 0 bridgehead atoms. The number of rotatable bonds is 3. The molecule has 1 atom stereocenters. The quantitative estimate of drug-likeness (QED) is 0.756. The van der Waals surface area contributed by atoms with Gasteiger partial charge in [0.05, 0.1) is 0 Å². The zero-order chi connectivity index (χ0) is 10.6. The summed E-state index contributed by atoms with van der Waals surface area (Å²) in [5.74, 6) is -0.133. The Hall–Kier alpha value is -1.35. The van der Waals surface area contributed by atoms with Crippen molar-refractivity contribution in [2.75, 3.05) is 0 Å². The maximum Gasteiger partial charge on any atom is 0.241 e. The molecule has 0 aliphatic heterocycles. The predicted octanol–water partition coefficient (Wildman–Crippen LogP) is 1.21. The second kappa shape index (κ2) is 4.77. The third kappa shape index (κ3) is 2.85. The fourth-order valence-corrected chi connectivity index (χ4v) is 1.19. The molecule has 0 spiro atoms. The van der Waals surface area contributed by atoms with Crippen LogP contribution < -0.4 is 11.1 Å². The van der Waals surface area contributed by atoms with Crippen molar-refractivity contribution in [1.29, 1.82) is 0 Å². The summed E-state index contributed by atoms with van der Waals surface area (Å²) in [6.07, 6.45) is 0. The number of amides is 1. The van der Waals surface area contributed by atoms with Crippen LogP contribution in [0.4, 0.5) is 0 Å². The standard InChI is InChI=1S/C11H16N2O/c1-8(2)13-11(14)10(12)9-6-4-3-5-7-9/h3-8,10H,12H2,1-2H3,(H,13,14). The van der Waals surface area contributed by atoms with Crippen molar-refractivity contribution in [1.82, 2.24) is 5.32 Å². The van der Waals surface area contributed by atoms with Crippen LogP contribution in [0.15, 0.2) is 30.3 Å². The highest BCUT2D eigenvalue weighted by atomic mass is 16.2. The molecular formula is C11H16N2O. The number of benzene rings is 1. The summed E-state index contributed by atoms with van der Waals surface area (Å²) in [5.41, 5.74) is 6.61. The lowest BCUT2D eigenvalue weighted by atomic mass is 10.1. The van der Waals surface area contributed by atoms with E-state index in [1.165, 1.54) is 0 Å². The molecule has 1 aromatic rings. The molecule has 0 fully saturated rings. The normalized spacial score (nSPS) is 12.6. The van der Waals surface area contributed by atoms with Gasteiger partial charge in [-0.15, -0.1) is 0 Å². The van der Waals surface area contributed by atoms with Crippen LogP contribution in [0.5, 0.6) is 0 Å². The monoisotopic (exact) mass is 192 g/mol. The molecule has 1 rings (SSSR count). The van der Waals surface area contributed by atoms with Crippen LogP contribution in [0.3, 0.4) is 0 Å². The van der Waals surface area contributed by atoms with Crippen LogP contribution in [0.25, 0.3) is 0 Å². The van der Waals surface area contributed by atoms with Gasteiger partial charge in [-0.1, -0.05) is 30.3 Å². The van der Waals surface area contributed by atoms with Gasteiger partial charge in [0, 0.05) is 6.04 Å². The molecule has 0 aliphatic rings. The minimum atomic E-state index is -0.571. The number of carbonyl (C=O) groups excluding carboxylic acids is 1. The highest BCUT2D eigenvalue weighted by Gasteiger charge is 2.15. The average Bonchev–Trinajstić information content (AvgIpc) is 2.17. The van der Waals surface area contributed by atoms with Crippen LogP contribution in [0.2, 0.25) is 0 Å². The van der Waals surface area contributed by atoms with E-state index in [-0.39, 0.29) is 11.9 Å². The fourth-order valence-electron chi connectivity index (χ4n) is 1.19. The summed E-state index contributed by atoms with van der Waals surface area (Å²) >= 11 is 0. The summed E-state index contributed by atoms with van der Waals surface area (Å²) in [6, 6.07) is 8.90. The van der Waals surface area contributed by atoms with E-state index in [1.54, 1.807) is 0 Å². The van der Waals surface area contributed by atoms with Crippen molar-refractivity contribution < 1.29 is 4.79 Å². The smallest absolute Gasteiger partial charge is 0.241 e. The Morgan fingerprint density at radius 2 is 1.86 bits per heavy atom. The predicted molar refractivity (Wildman–Crippen MR) is 56.6 cm³/mol. The maximum atomic E-state index is 11.5. The van der Waals surface area contributed by atoms with Gasteiger partial charge in [-0.2, -0.15) is 0 Å². The number of carbonyl (C=O) groups is 1. The van der Waals surface area contributed by atoms with Gasteiger partial charge in [0.1, 0.15) is 6.04 Å². The fraction of sp³-hybridized carbons (Fsp3) is 0.364. The van der Waals surface area contributed by atoms with Gasteiger partial charge < -0.3 is 11.1 Å². The van der Waals surface area contributed by atoms with Crippen LogP contribution in [0.1, 0.15) is 25.5 Å². The molecule has 0 aliphatic carbocycles. The third-order valence-electron chi connectivity index (χ3n) is 1.87. The molecule has 3 nitrogen and oxygen atoms in total. The number of nitrogens with two attached hydrogens (primary N) is 1. The second-order valence-corrected chi connectivity index (χ2v) is 3.55. The molecule has 1 amide bonds. The number of nitrogens with one attached hydrogen (secondary N) is 1. The SMILES string of the molecule is CC(C)NC(=O)C(N)c1ccccc1. The molecule has 1 unspecified atom stereocenters. The summed E-state index contributed by atoms with van der Waals surface area (Å²) in [6.45, 7) is 3.82. The third-order valence-corrected chi connectivity index (χ3v) is 1.87. The Kier molecular flexibility index (Phi) is 3.65. The van der Waals surface area contributed by atoms with Gasteiger partial charge in [-0.3, -0.25) is 4.79 Å². The Morgan fingerprint density at radius 1 is 1.29 bits per heavy atom. The van der Waals surface area contributed by atoms with E-state index in [4.69, 9.17) is 5.73 Å². The zero-order valence-electron chi connectivity index (χ0n) is 8.53. The summed E-state index contributed by atoms with van der Waals surface area (Å²) in [7, 11) is 0. The second-order valence-electron chi connectivity index (χ2n) is 3.55. The van der Waals surface area contributed by atoms with Gasteiger partial charge in [-0.25, -0.2) is 0 Å². The molecule has 0 heterocycles. The van der Waals surface area contributed by atoms with Crippen molar-refractivity contribution in [2.24, 2.45) is 5.73 Å². The Morgan fingerprint density at radius 3 is 2.36 bits per heavy atom. The van der Waals surface area contributed by atoms with Crippen molar-refractivity contribution in [2.45, 2.75) is 25.9 Å². The molecule has 1 aromatic carbocycles. The van der Waals surface area contributed by atoms with E-state index in [9.17, 15) is 4.79 Å². The van der Waals surface area contributed by atoms with Crippen LogP contribution in [0, 0.1) is 0 Å². The largest absolute Gasteiger partial charge is 0.352 e. The first kappa shape index (κ1) is 10.7. The van der Waals surface area contributed by atoms with Crippen LogP contribution >= 0.6 is 0 Å². The lowest BCUT2D eigenvalue weighted by molar-refractivity contribution is -0.122. The van der Waals surface area contributed by atoms with E-state index in [2.05, 4.69) is 5.32 Å². The van der Waals surface area contributed by atoms with E-state index >= 15 is 0 Å². The van der Waals surface area contributed by atoms with E-state index in [0.29, 0.717) is 0 Å². The summed E-state index contributed by atoms with van der Waals surface area (Å²) in [4.78, 5) is 11.5. The summed E-state index contributed by atoms with van der Waals surface area (Å²) in [5, 5.41) is 2.78. The highest BCUT2D eigenvalue weighted by molar-refractivity contribution is 5.83. The Balaban J connectivity index is 2.66. The van der Waals surface area contributed by atoms with Gasteiger partial charge in [0.2, 0.25) is 5.91 Å². The van der Waals surface area contributed by atoms with E-state index < -0.39 is 6.04 Å². The topological polar surface area (TPSA) is 55.1 Å². The molecule has 0 saturated heterocycles.